The van der Waals surface area contributed by atoms with Crippen molar-refractivity contribution < 1.29 is 9.53 Å². The maximum absolute atomic E-state index is 12.1. The lowest BCUT2D eigenvalue weighted by molar-refractivity contribution is 0.0965. The Kier molecular flexibility index (Phi) is 6.06. The first-order valence-electron chi connectivity index (χ1n) is 6.58. The highest BCUT2D eigenvalue weighted by Gasteiger charge is 2.11. The zero-order valence-electron chi connectivity index (χ0n) is 12.1. The third-order valence-corrected chi connectivity index (χ3v) is 2.49. The van der Waals surface area contributed by atoms with Crippen LogP contribution in [0.1, 0.15) is 36.7 Å². The molecule has 0 fully saturated rings. The molecule has 0 saturated carbocycles. The number of amidine groups is 1. The van der Waals surface area contributed by atoms with Crippen molar-refractivity contribution in [2.75, 3.05) is 13.2 Å². The Morgan fingerprint density at radius 2 is 2.05 bits per heavy atom. The van der Waals surface area contributed by atoms with Crippen LogP contribution in [0.3, 0.4) is 0 Å². The largest absolute Gasteiger partial charge is 0.465 e. The minimum Gasteiger partial charge on any atom is -0.465 e. The van der Waals surface area contributed by atoms with Crippen LogP contribution in [0.15, 0.2) is 29.3 Å². The van der Waals surface area contributed by atoms with Crippen molar-refractivity contribution in [3.05, 3.63) is 35.4 Å². The van der Waals surface area contributed by atoms with E-state index in [9.17, 15) is 4.79 Å². The van der Waals surface area contributed by atoms with Gasteiger partial charge < -0.3 is 4.74 Å². The number of nitrogens with zero attached hydrogens (tertiary/aromatic N) is 1. The summed E-state index contributed by atoms with van der Waals surface area (Å²) in [7, 11) is 0. The van der Waals surface area contributed by atoms with Gasteiger partial charge in [0.15, 0.2) is 0 Å². The van der Waals surface area contributed by atoms with E-state index in [-0.39, 0.29) is 5.91 Å². The molecule has 1 aromatic rings. The lowest BCUT2D eigenvalue weighted by Gasteiger charge is -2.11. The van der Waals surface area contributed by atoms with Gasteiger partial charge in [-0.25, -0.2) is 4.99 Å². The van der Waals surface area contributed by atoms with E-state index in [0.29, 0.717) is 30.7 Å². The highest BCUT2D eigenvalue weighted by atomic mass is 16.5. The van der Waals surface area contributed by atoms with Crippen molar-refractivity contribution in [2.45, 2.75) is 27.7 Å². The summed E-state index contributed by atoms with van der Waals surface area (Å²) in [6, 6.07) is 7.73. The number of amides is 1. The molecule has 19 heavy (non-hydrogen) atoms. The maximum atomic E-state index is 12.1. The number of benzene rings is 1. The van der Waals surface area contributed by atoms with Crippen molar-refractivity contribution in [1.82, 2.24) is 5.32 Å². The first-order chi connectivity index (χ1) is 9.04. The van der Waals surface area contributed by atoms with Gasteiger partial charge in [0.05, 0.1) is 6.61 Å². The molecule has 1 rings (SSSR count). The minimum atomic E-state index is -0.186. The molecule has 4 nitrogen and oxygen atoms in total. The summed E-state index contributed by atoms with van der Waals surface area (Å²) in [5.74, 6) is 0.236. The summed E-state index contributed by atoms with van der Waals surface area (Å²) in [4.78, 5) is 16.4. The smallest absolute Gasteiger partial charge is 0.291 e. The Morgan fingerprint density at radius 1 is 1.37 bits per heavy atom. The average molecular weight is 262 g/mol. The Bertz CT molecular complexity index is 453. The van der Waals surface area contributed by atoms with E-state index in [0.717, 1.165) is 5.56 Å². The fraction of sp³-hybridized carbons (Fsp3) is 0.467. The summed E-state index contributed by atoms with van der Waals surface area (Å²) in [5.41, 5.74) is 1.57. The zero-order valence-corrected chi connectivity index (χ0v) is 12.1. The number of nitrogens with one attached hydrogen (secondary N) is 1. The molecule has 0 unspecified atom stereocenters. The van der Waals surface area contributed by atoms with E-state index < -0.39 is 0 Å². The van der Waals surface area contributed by atoms with Gasteiger partial charge >= 0.3 is 0 Å². The number of rotatable bonds is 4. The highest BCUT2D eigenvalue weighted by Crippen LogP contribution is 2.06. The molecule has 0 aliphatic carbocycles. The molecule has 4 heteroatoms. The molecular weight excluding hydrogens is 240 g/mol. The molecule has 0 heterocycles. The van der Waals surface area contributed by atoms with Gasteiger partial charge in [-0.2, -0.15) is 0 Å². The molecular formula is C15H22N2O2. The van der Waals surface area contributed by atoms with Gasteiger partial charge in [0.25, 0.3) is 11.9 Å². The second kappa shape index (κ2) is 7.56. The van der Waals surface area contributed by atoms with Gasteiger partial charge in [0.1, 0.15) is 0 Å². The Balaban J connectivity index is 2.77. The fourth-order valence-electron chi connectivity index (χ4n) is 1.52. The normalized spacial score (nSPS) is 11.5. The molecule has 0 aliphatic rings. The summed E-state index contributed by atoms with van der Waals surface area (Å²) < 4.78 is 5.34. The molecule has 0 radical (unpaired) electrons. The van der Waals surface area contributed by atoms with E-state index in [2.05, 4.69) is 24.2 Å². The van der Waals surface area contributed by atoms with E-state index in [1.165, 1.54) is 0 Å². The van der Waals surface area contributed by atoms with Crippen LogP contribution >= 0.6 is 0 Å². The third-order valence-electron chi connectivity index (χ3n) is 2.49. The molecule has 1 aromatic carbocycles. The minimum absolute atomic E-state index is 0.186. The van der Waals surface area contributed by atoms with Crippen molar-refractivity contribution in [3.63, 3.8) is 0 Å². The van der Waals surface area contributed by atoms with Gasteiger partial charge in [-0.15, -0.1) is 0 Å². The quantitative estimate of drug-likeness (QED) is 0.670. The number of aryl methyl sites for hydroxylation is 1. The standard InChI is InChI=1S/C15H22N2O2/c1-5-19-15(16-10-11(2)3)17-14(18)13-9-7-6-8-12(13)4/h6-9,11H,5,10H2,1-4H3,(H,16,17,18). The third kappa shape index (κ3) is 5.12. The van der Waals surface area contributed by atoms with Gasteiger partial charge in [0.2, 0.25) is 0 Å². The number of hydrogen-bond donors (Lipinski definition) is 1. The lowest BCUT2D eigenvalue weighted by atomic mass is 10.1. The van der Waals surface area contributed by atoms with Crippen molar-refractivity contribution in [1.29, 1.82) is 0 Å². The van der Waals surface area contributed by atoms with Crippen molar-refractivity contribution in [3.8, 4) is 0 Å². The Morgan fingerprint density at radius 3 is 2.63 bits per heavy atom. The predicted octanol–water partition coefficient (Wildman–Crippen LogP) is 2.77. The van der Waals surface area contributed by atoms with Crippen LogP contribution in [0, 0.1) is 12.8 Å². The summed E-state index contributed by atoms with van der Waals surface area (Å²) in [6.07, 6.45) is 0. The summed E-state index contributed by atoms with van der Waals surface area (Å²) in [6.45, 7) is 9.01. The molecule has 1 amide bonds. The van der Waals surface area contributed by atoms with Gasteiger partial charge in [0, 0.05) is 12.1 Å². The molecule has 0 aromatic heterocycles. The van der Waals surface area contributed by atoms with Crippen LogP contribution in [0.5, 0.6) is 0 Å². The molecule has 104 valence electrons. The second-order valence-electron chi connectivity index (χ2n) is 4.74. The lowest BCUT2D eigenvalue weighted by Crippen LogP contribution is -2.33. The predicted molar refractivity (Wildman–Crippen MR) is 77.4 cm³/mol. The molecule has 1 N–H and O–H groups in total. The number of aliphatic imine (C=N–C) groups is 1. The highest BCUT2D eigenvalue weighted by molar-refractivity contribution is 6.04. The Labute approximate surface area is 114 Å². The van der Waals surface area contributed by atoms with Crippen molar-refractivity contribution in [2.24, 2.45) is 10.9 Å². The molecule has 0 spiro atoms. The Hall–Kier alpha value is -1.84. The molecule has 0 atom stereocenters. The van der Waals surface area contributed by atoms with E-state index in [1.54, 1.807) is 6.07 Å². The van der Waals surface area contributed by atoms with Gasteiger partial charge in [-0.05, 0) is 31.4 Å². The van der Waals surface area contributed by atoms with Crippen LogP contribution < -0.4 is 5.32 Å². The number of carbonyl (C=O) groups excluding carboxylic acids is 1. The van der Waals surface area contributed by atoms with Crippen LogP contribution in [0.4, 0.5) is 0 Å². The second-order valence-corrected chi connectivity index (χ2v) is 4.74. The maximum Gasteiger partial charge on any atom is 0.291 e. The van der Waals surface area contributed by atoms with Crippen LogP contribution in [0.2, 0.25) is 0 Å². The van der Waals surface area contributed by atoms with Gasteiger partial charge in [-0.3, -0.25) is 10.1 Å². The number of hydrogen-bond acceptors (Lipinski definition) is 3. The van der Waals surface area contributed by atoms with E-state index in [1.807, 2.05) is 32.0 Å². The van der Waals surface area contributed by atoms with E-state index in [4.69, 9.17) is 4.74 Å². The number of carbonyl (C=O) groups is 1. The van der Waals surface area contributed by atoms with E-state index >= 15 is 0 Å². The zero-order chi connectivity index (χ0) is 14.3. The fourth-order valence-corrected chi connectivity index (χ4v) is 1.52. The summed E-state index contributed by atoms with van der Waals surface area (Å²) >= 11 is 0. The van der Waals surface area contributed by atoms with Gasteiger partial charge in [-0.1, -0.05) is 32.0 Å². The molecule has 0 saturated heterocycles. The first-order valence-corrected chi connectivity index (χ1v) is 6.58. The molecule has 0 aliphatic heterocycles. The van der Waals surface area contributed by atoms with Crippen LogP contribution in [-0.2, 0) is 4.74 Å². The topological polar surface area (TPSA) is 50.7 Å². The van der Waals surface area contributed by atoms with Crippen LogP contribution in [0.25, 0.3) is 0 Å². The average Bonchev–Trinajstić information content (AvgIpc) is 2.36. The summed E-state index contributed by atoms with van der Waals surface area (Å²) in [5, 5.41) is 2.72. The van der Waals surface area contributed by atoms with Crippen LogP contribution in [-0.4, -0.2) is 25.1 Å². The van der Waals surface area contributed by atoms with Crippen molar-refractivity contribution >= 4 is 11.9 Å². The number of ether oxygens (including phenoxy) is 1. The SMILES string of the molecule is CCOC(=NCC(C)C)NC(=O)c1ccccc1C. The first kappa shape index (κ1) is 15.2. The molecule has 0 bridgehead atoms. The monoisotopic (exact) mass is 262 g/mol.